The average Bonchev–Trinajstić information content (AvgIpc) is 2.68. The molecule has 2 nitrogen and oxygen atoms in total. The van der Waals surface area contributed by atoms with Gasteiger partial charge in [0.2, 0.25) is 0 Å². The summed E-state index contributed by atoms with van der Waals surface area (Å²) in [5.41, 5.74) is 2.93. The van der Waals surface area contributed by atoms with E-state index >= 15 is 0 Å². The van der Waals surface area contributed by atoms with E-state index in [2.05, 4.69) is 58.3 Å². The molecule has 0 bridgehead atoms. The molecule has 3 heterocycles. The Morgan fingerprint density at radius 3 is 2.24 bits per heavy atom. The minimum absolute atomic E-state index is 0.438. The summed E-state index contributed by atoms with van der Waals surface area (Å²) < 4.78 is 3.09. The Labute approximate surface area is 157 Å². The molecule has 3 heteroatoms. The number of nitrogens with zero attached hydrogens (tertiary/aromatic N) is 2. The van der Waals surface area contributed by atoms with Gasteiger partial charge in [0.1, 0.15) is 0 Å². The first-order chi connectivity index (χ1) is 12.4. The van der Waals surface area contributed by atoms with Gasteiger partial charge in [-0.25, -0.2) is 0 Å². The third kappa shape index (κ3) is 2.93. The van der Waals surface area contributed by atoms with Gasteiger partial charge in [0, 0.05) is 0 Å². The predicted octanol–water partition coefficient (Wildman–Crippen LogP) is 3.06. The molecule has 3 aliphatic heterocycles. The van der Waals surface area contributed by atoms with Gasteiger partial charge in [0.25, 0.3) is 0 Å². The minimum atomic E-state index is 0.438. The van der Waals surface area contributed by atoms with E-state index in [9.17, 15) is 0 Å². The van der Waals surface area contributed by atoms with Crippen molar-refractivity contribution in [2.45, 2.75) is 38.1 Å². The number of hydrogen-bond acceptors (Lipinski definition) is 2. The molecule has 130 valence electrons. The summed E-state index contributed by atoms with van der Waals surface area (Å²) in [5, 5.41) is 0. The summed E-state index contributed by atoms with van der Waals surface area (Å²) >= 11 is 0.438. The van der Waals surface area contributed by atoms with Crippen LogP contribution < -0.4 is 13.8 Å². The third-order valence-electron chi connectivity index (χ3n) is 6.18. The number of hydrogen-bond donors (Lipinski definition) is 0. The van der Waals surface area contributed by atoms with Gasteiger partial charge in [-0.2, -0.15) is 0 Å². The monoisotopic (exact) mass is 398 g/mol. The van der Waals surface area contributed by atoms with E-state index in [0.29, 0.717) is 15.0 Å². The number of fused-ring (bicyclic) bond motifs is 3. The first kappa shape index (κ1) is 15.9. The molecule has 0 spiro atoms. The van der Waals surface area contributed by atoms with Crippen LogP contribution in [0.5, 0.6) is 0 Å². The van der Waals surface area contributed by atoms with Gasteiger partial charge < -0.3 is 0 Å². The maximum atomic E-state index is 2.80. The van der Waals surface area contributed by atoms with E-state index in [-0.39, 0.29) is 0 Å². The van der Waals surface area contributed by atoms with Crippen LogP contribution in [-0.4, -0.2) is 45.5 Å². The molecule has 3 aliphatic rings. The third-order valence-corrected chi connectivity index (χ3v) is 8.55. The molecular formula is C22H26N2Se. The van der Waals surface area contributed by atoms with Gasteiger partial charge in [0.15, 0.2) is 0 Å². The predicted molar refractivity (Wildman–Crippen MR) is 107 cm³/mol. The van der Waals surface area contributed by atoms with Crippen molar-refractivity contribution in [3.8, 4) is 0 Å². The summed E-state index contributed by atoms with van der Waals surface area (Å²) in [6.07, 6.45) is 7.01. The van der Waals surface area contributed by atoms with Crippen molar-refractivity contribution in [1.82, 2.24) is 4.90 Å². The summed E-state index contributed by atoms with van der Waals surface area (Å²) in [4.78, 5) is 5.45. The fourth-order valence-electron chi connectivity index (χ4n) is 5.00. The molecule has 0 N–H and O–H groups in total. The number of rotatable bonds is 2. The van der Waals surface area contributed by atoms with Gasteiger partial charge in [-0.1, -0.05) is 0 Å². The van der Waals surface area contributed by atoms with E-state index in [1.54, 1.807) is 8.92 Å². The molecule has 0 aliphatic carbocycles. The number of para-hydroxylation sites is 2. The molecule has 2 aromatic carbocycles. The van der Waals surface area contributed by atoms with Crippen LogP contribution in [0.1, 0.15) is 32.1 Å². The Morgan fingerprint density at radius 1 is 0.800 bits per heavy atom. The van der Waals surface area contributed by atoms with Crippen LogP contribution >= 0.6 is 0 Å². The van der Waals surface area contributed by atoms with Gasteiger partial charge in [-0.3, -0.25) is 0 Å². The Bertz CT molecular complexity index is 712. The van der Waals surface area contributed by atoms with Crippen molar-refractivity contribution in [2.24, 2.45) is 5.92 Å². The molecule has 0 radical (unpaired) electrons. The molecule has 0 unspecified atom stereocenters. The molecule has 2 atom stereocenters. The quantitative estimate of drug-likeness (QED) is 0.719. The zero-order chi connectivity index (χ0) is 16.6. The van der Waals surface area contributed by atoms with Crippen LogP contribution in [0.25, 0.3) is 0 Å². The molecule has 25 heavy (non-hydrogen) atoms. The number of piperidine rings is 2. The Balaban J connectivity index is 1.49. The standard InChI is InChI=1S/C22H26N2Se/c1-3-12-21-19(10-1)24(20-11-2-4-13-22(20)25-21)16-17-8-7-15-23-14-6-5-9-18(17)23/h1-4,10-13,17-18H,5-9,14-16H2/t17-,18-/m1/s1. The summed E-state index contributed by atoms with van der Waals surface area (Å²) in [5.74, 6) is 0.806. The van der Waals surface area contributed by atoms with Crippen LogP contribution in [0.15, 0.2) is 48.5 Å². The second kappa shape index (κ2) is 6.79. The van der Waals surface area contributed by atoms with Gasteiger partial charge in [-0.15, -0.1) is 0 Å². The molecule has 0 amide bonds. The van der Waals surface area contributed by atoms with Crippen molar-refractivity contribution in [1.29, 1.82) is 0 Å². The van der Waals surface area contributed by atoms with Gasteiger partial charge in [0.05, 0.1) is 0 Å². The maximum absolute atomic E-state index is 2.80. The average molecular weight is 397 g/mol. The Hall–Kier alpha value is -1.28. The van der Waals surface area contributed by atoms with Crippen LogP contribution in [0, 0.1) is 5.92 Å². The summed E-state index contributed by atoms with van der Waals surface area (Å²) in [6, 6.07) is 19.0. The molecule has 0 aromatic heterocycles. The zero-order valence-electron chi connectivity index (χ0n) is 14.7. The van der Waals surface area contributed by atoms with Crippen molar-refractivity contribution >= 4 is 35.3 Å². The summed E-state index contributed by atoms with van der Waals surface area (Å²) in [7, 11) is 0. The summed E-state index contributed by atoms with van der Waals surface area (Å²) in [6.45, 7) is 3.85. The van der Waals surface area contributed by atoms with E-state index in [4.69, 9.17) is 0 Å². The fraction of sp³-hybridized carbons (Fsp3) is 0.455. The van der Waals surface area contributed by atoms with Crippen LogP contribution in [0.4, 0.5) is 11.4 Å². The normalized spacial score (nSPS) is 25.8. The fourth-order valence-corrected chi connectivity index (χ4v) is 7.30. The second-order valence-corrected chi connectivity index (χ2v) is 9.92. The Kier molecular flexibility index (Phi) is 4.33. The zero-order valence-corrected chi connectivity index (χ0v) is 16.4. The first-order valence-electron chi connectivity index (χ1n) is 9.78. The molecule has 5 rings (SSSR count). The van der Waals surface area contributed by atoms with E-state index in [1.807, 2.05) is 0 Å². The van der Waals surface area contributed by atoms with Crippen molar-refractivity contribution in [2.75, 3.05) is 24.5 Å². The Morgan fingerprint density at radius 2 is 1.48 bits per heavy atom. The van der Waals surface area contributed by atoms with E-state index in [1.165, 1.54) is 63.1 Å². The second-order valence-electron chi connectivity index (χ2n) is 7.65. The molecule has 0 saturated carbocycles. The van der Waals surface area contributed by atoms with Crippen molar-refractivity contribution in [3.63, 3.8) is 0 Å². The SMILES string of the molecule is c1ccc2c(c1)[Se]c1ccccc1N2C[C@H]1CCCN2CCCC[C@H]12. The molecular weight excluding hydrogens is 371 g/mol. The van der Waals surface area contributed by atoms with E-state index in [0.717, 1.165) is 12.0 Å². The number of benzene rings is 2. The molecule has 2 fully saturated rings. The van der Waals surface area contributed by atoms with Gasteiger partial charge >= 0.3 is 157 Å². The van der Waals surface area contributed by atoms with Crippen molar-refractivity contribution < 1.29 is 0 Å². The first-order valence-corrected chi connectivity index (χ1v) is 11.5. The van der Waals surface area contributed by atoms with Crippen molar-refractivity contribution in [3.05, 3.63) is 48.5 Å². The topological polar surface area (TPSA) is 6.48 Å². The van der Waals surface area contributed by atoms with Gasteiger partial charge in [-0.05, 0) is 0 Å². The van der Waals surface area contributed by atoms with Crippen LogP contribution in [-0.2, 0) is 0 Å². The van der Waals surface area contributed by atoms with Crippen LogP contribution in [0.3, 0.4) is 0 Å². The molecule has 2 aromatic rings. The molecule has 2 saturated heterocycles. The van der Waals surface area contributed by atoms with Crippen LogP contribution in [0.2, 0.25) is 0 Å². The van der Waals surface area contributed by atoms with E-state index < -0.39 is 0 Å². The number of anilines is 2.